The molecule has 0 saturated heterocycles. The smallest absolute Gasteiger partial charge is 0.209 e. The molecule has 66 valence electrons. The van der Waals surface area contributed by atoms with Crippen molar-refractivity contribution >= 4 is 15.9 Å². The van der Waals surface area contributed by atoms with Gasteiger partial charge in [-0.25, -0.2) is 13.1 Å². The van der Waals surface area contributed by atoms with E-state index in [1.165, 1.54) is 6.92 Å². The van der Waals surface area contributed by atoms with Crippen LogP contribution in [0.2, 0.25) is 0 Å². The third-order valence-electron chi connectivity index (χ3n) is 0.950. The van der Waals surface area contributed by atoms with Crippen molar-refractivity contribution in [2.24, 2.45) is 10.9 Å². The zero-order valence-corrected chi connectivity index (χ0v) is 7.09. The fourth-order valence-electron chi connectivity index (χ4n) is 0.468. The van der Waals surface area contributed by atoms with E-state index < -0.39 is 16.1 Å². The highest BCUT2D eigenvalue weighted by Gasteiger charge is 2.11. The van der Waals surface area contributed by atoms with Gasteiger partial charge < -0.3 is 10.9 Å². The molecule has 11 heavy (non-hydrogen) atoms. The first-order valence-electron chi connectivity index (χ1n) is 2.81. The lowest BCUT2D eigenvalue weighted by Gasteiger charge is -2.08. The first-order valence-corrected chi connectivity index (χ1v) is 4.70. The number of sulfonamides is 1. The Balaban J connectivity index is 4.21. The molecule has 0 aromatic heterocycles. The molecule has 0 saturated carbocycles. The lowest BCUT2D eigenvalue weighted by molar-refractivity contribution is 0.316. The highest BCUT2D eigenvalue weighted by atomic mass is 32.2. The average molecular weight is 181 g/mol. The molecule has 0 spiro atoms. The van der Waals surface area contributed by atoms with E-state index in [-0.39, 0.29) is 5.84 Å². The second kappa shape index (κ2) is 3.54. The van der Waals surface area contributed by atoms with Gasteiger partial charge in [-0.2, -0.15) is 0 Å². The third-order valence-corrected chi connectivity index (χ3v) is 1.73. The maximum atomic E-state index is 10.6. The highest BCUT2D eigenvalue weighted by molar-refractivity contribution is 7.88. The van der Waals surface area contributed by atoms with E-state index in [1.807, 2.05) is 0 Å². The Kier molecular flexibility index (Phi) is 3.27. The Hall–Kier alpha value is -0.820. The summed E-state index contributed by atoms with van der Waals surface area (Å²) in [6, 6.07) is -0.685. The topological polar surface area (TPSA) is 105 Å². The van der Waals surface area contributed by atoms with Crippen LogP contribution in [0.4, 0.5) is 0 Å². The van der Waals surface area contributed by atoms with Gasteiger partial charge in [-0.1, -0.05) is 5.16 Å². The van der Waals surface area contributed by atoms with E-state index in [0.29, 0.717) is 0 Å². The standard InChI is InChI=1S/C4H11N3O3S/c1-3(4(5)6-8)7-11(2,9)10/h3,7-8H,1-2H3,(H2,5,6). The number of hydrogen-bond donors (Lipinski definition) is 3. The lowest BCUT2D eigenvalue weighted by Crippen LogP contribution is -2.41. The summed E-state index contributed by atoms with van der Waals surface area (Å²) < 4.78 is 23.2. The van der Waals surface area contributed by atoms with Crippen molar-refractivity contribution in [2.75, 3.05) is 6.26 Å². The molecule has 0 aromatic rings. The molecule has 0 radical (unpaired) electrons. The summed E-state index contributed by atoms with van der Waals surface area (Å²) in [5.41, 5.74) is 5.10. The van der Waals surface area contributed by atoms with Crippen molar-refractivity contribution in [3.63, 3.8) is 0 Å². The third kappa shape index (κ3) is 4.57. The molecule has 0 heterocycles. The molecule has 0 fully saturated rings. The number of nitrogens with two attached hydrogens (primary N) is 1. The van der Waals surface area contributed by atoms with Crippen LogP contribution < -0.4 is 10.5 Å². The second-order valence-electron chi connectivity index (χ2n) is 2.14. The number of rotatable bonds is 3. The number of amidine groups is 1. The predicted molar refractivity (Wildman–Crippen MR) is 40.9 cm³/mol. The van der Waals surface area contributed by atoms with Crippen LogP contribution in [-0.2, 0) is 10.0 Å². The van der Waals surface area contributed by atoms with Crippen LogP contribution >= 0.6 is 0 Å². The Bertz CT molecular complexity index is 245. The van der Waals surface area contributed by atoms with Crippen molar-refractivity contribution in [1.82, 2.24) is 4.72 Å². The molecule has 0 bridgehead atoms. The minimum absolute atomic E-state index is 0.171. The number of oxime groups is 1. The quantitative estimate of drug-likeness (QED) is 0.217. The van der Waals surface area contributed by atoms with Gasteiger partial charge in [-0.15, -0.1) is 0 Å². The molecule has 0 aliphatic carbocycles. The molecule has 0 aromatic carbocycles. The minimum atomic E-state index is -3.30. The number of nitrogens with one attached hydrogen (secondary N) is 1. The van der Waals surface area contributed by atoms with Crippen molar-refractivity contribution in [3.05, 3.63) is 0 Å². The molecule has 4 N–H and O–H groups in total. The van der Waals surface area contributed by atoms with Crippen LogP contribution in [0.3, 0.4) is 0 Å². The van der Waals surface area contributed by atoms with Crippen molar-refractivity contribution in [3.8, 4) is 0 Å². The predicted octanol–water partition coefficient (Wildman–Crippen LogP) is -1.33. The normalized spacial score (nSPS) is 16.4. The Labute approximate surface area is 65.1 Å². The fraction of sp³-hybridized carbons (Fsp3) is 0.750. The van der Waals surface area contributed by atoms with Gasteiger partial charge in [0.15, 0.2) is 5.84 Å². The Morgan fingerprint density at radius 3 is 2.45 bits per heavy atom. The van der Waals surface area contributed by atoms with E-state index in [9.17, 15) is 8.42 Å². The summed E-state index contributed by atoms with van der Waals surface area (Å²) in [5, 5.41) is 10.8. The SMILES string of the molecule is CC(NS(C)(=O)=O)/C(N)=N/O. The van der Waals surface area contributed by atoms with Crippen molar-refractivity contribution < 1.29 is 13.6 Å². The van der Waals surface area contributed by atoms with Crippen LogP contribution in [0.25, 0.3) is 0 Å². The molecule has 0 aliphatic rings. The van der Waals surface area contributed by atoms with Gasteiger partial charge in [-0.3, -0.25) is 0 Å². The average Bonchev–Trinajstić information content (AvgIpc) is 1.82. The summed E-state index contributed by atoms with van der Waals surface area (Å²) in [6.45, 7) is 1.47. The van der Waals surface area contributed by atoms with Crippen LogP contribution in [0.1, 0.15) is 6.92 Å². The summed E-state index contributed by atoms with van der Waals surface area (Å²) in [4.78, 5) is 0. The summed E-state index contributed by atoms with van der Waals surface area (Å²) in [7, 11) is -3.30. The summed E-state index contributed by atoms with van der Waals surface area (Å²) >= 11 is 0. The summed E-state index contributed by atoms with van der Waals surface area (Å²) in [6.07, 6.45) is 0.994. The monoisotopic (exact) mass is 181 g/mol. The Morgan fingerprint density at radius 1 is 1.73 bits per heavy atom. The molecule has 1 unspecified atom stereocenters. The van der Waals surface area contributed by atoms with Crippen molar-refractivity contribution in [1.29, 1.82) is 0 Å². The molecular weight excluding hydrogens is 170 g/mol. The summed E-state index contributed by atoms with van der Waals surface area (Å²) in [5.74, 6) is -0.171. The molecule has 7 heteroatoms. The lowest BCUT2D eigenvalue weighted by atomic mass is 10.3. The van der Waals surface area contributed by atoms with Gasteiger partial charge in [0.1, 0.15) is 0 Å². The van der Waals surface area contributed by atoms with Gasteiger partial charge >= 0.3 is 0 Å². The van der Waals surface area contributed by atoms with Gasteiger partial charge in [0.25, 0.3) is 0 Å². The first kappa shape index (κ1) is 10.2. The molecule has 6 nitrogen and oxygen atoms in total. The maximum absolute atomic E-state index is 10.6. The fourth-order valence-corrected chi connectivity index (χ4v) is 1.23. The molecule has 0 rings (SSSR count). The first-order chi connectivity index (χ1) is 4.87. The molecule has 1 atom stereocenters. The van der Waals surface area contributed by atoms with Gasteiger partial charge in [0, 0.05) is 0 Å². The van der Waals surface area contributed by atoms with E-state index in [4.69, 9.17) is 10.9 Å². The second-order valence-corrected chi connectivity index (χ2v) is 3.92. The van der Waals surface area contributed by atoms with Gasteiger partial charge in [0.05, 0.1) is 12.3 Å². The molecule has 0 aliphatic heterocycles. The van der Waals surface area contributed by atoms with Gasteiger partial charge in [0.2, 0.25) is 10.0 Å². The molecular formula is C4H11N3O3S. The van der Waals surface area contributed by atoms with E-state index in [2.05, 4.69) is 9.88 Å². The van der Waals surface area contributed by atoms with Crippen LogP contribution in [0.15, 0.2) is 5.16 Å². The van der Waals surface area contributed by atoms with Crippen LogP contribution in [0.5, 0.6) is 0 Å². The number of nitrogens with zero attached hydrogens (tertiary/aromatic N) is 1. The highest BCUT2D eigenvalue weighted by Crippen LogP contribution is 1.84. The molecule has 0 amide bonds. The minimum Gasteiger partial charge on any atom is -0.409 e. The van der Waals surface area contributed by atoms with Crippen LogP contribution in [-0.4, -0.2) is 31.8 Å². The van der Waals surface area contributed by atoms with E-state index >= 15 is 0 Å². The number of hydrogen-bond acceptors (Lipinski definition) is 4. The van der Waals surface area contributed by atoms with Crippen LogP contribution in [0, 0.1) is 0 Å². The maximum Gasteiger partial charge on any atom is 0.209 e. The largest absolute Gasteiger partial charge is 0.409 e. The van der Waals surface area contributed by atoms with E-state index in [1.54, 1.807) is 0 Å². The Morgan fingerprint density at radius 2 is 2.18 bits per heavy atom. The van der Waals surface area contributed by atoms with Gasteiger partial charge in [-0.05, 0) is 6.92 Å². The zero-order valence-electron chi connectivity index (χ0n) is 6.27. The zero-order chi connectivity index (χ0) is 9.07. The van der Waals surface area contributed by atoms with E-state index in [0.717, 1.165) is 6.26 Å². The van der Waals surface area contributed by atoms with Crippen molar-refractivity contribution in [2.45, 2.75) is 13.0 Å².